The molecule has 0 aromatic heterocycles. The summed E-state index contributed by atoms with van der Waals surface area (Å²) in [5, 5.41) is 3.22. The van der Waals surface area contributed by atoms with Crippen molar-refractivity contribution in [3.63, 3.8) is 0 Å². The minimum absolute atomic E-state index is 0.0838. The van der Waals surface area contributed by atoms with E-state index in [-0.39, 0.29) is 5.82 Å². The Morgan fingerprint density at radius 1 is 1.44 bits per heavy atom. The van der Waals surface area contributed by atoms with Gasteiger partial charge in [-0.05, 0) is 43.0 Å². The van der Waals surface area contributed by atoms with E-state index in [1.54, 1.807) is 6.07 Å². The van der Waals surface area contributed by atoms with Gasteiger partial charge in [-0.1, -0.05) is 19.9 Å². The molecule has 1 unspecified atom stereocenters. The molecule has 1 aromatic carbocycles. The summed E-state index contributed by atoms with van der Waals surface area (Å²) in [6, 6.07) is 5.62. The van der Waals surface area contributed by atoms with Crippen molar-refractivity contribution in [1.29, 1.82) is 0 Å². The highest BCUT2D eigenvalue weighted by Crippen LogP contribution is 2.26. The summed E-state index contributed by atoms with van der Waals surface area (Å²) in [6.07, 6.45) is 2.43. The van der Waals surface area contributed by atoms with Crippen LogP contribution >= 0.6 is 0 Å². The van der Waals surface area contributed by atoms with Gasteiger partial charge >= 0.3 is 0 Å². The van der Waals surface area contributed by atoms with Gasteiger partial charge in [0.05, 0.1) is 5.69 Å². The Labute approximate surface area is 109 Å². The molecular formula is C15H23FN2. The molecule has 1 heterocycles. The zero-order valence-corrected chi connectivity index (χ0v) is 11.4. The maximum atomic E-state index is 14.1. The number of nitrogens with one attached hydrogen (secondary N) is 1. The van der Waals surface area contributed by atoms with Crippen LogP contribution in [0.2, 0.25) is 0 Å². The fourth-order valence-corrected chi connectivity index (χ4v) is 2.59. The summed E-state index contributed by atoms with van der Waals surface area (Å²) in [7, 11) is 0. The largest absolute Gasteiger partial charge is 0.369 e. The summed E-state index contributed by atoms with van der Waals surface area (Å²) < 4.78 is 14.1. The lowest BCUT2D eigenvalue weighted by Crippen LogP contribution is -2.34. The van der Waals surface area contributed by atoms with Crippen LogP contribution in [0.5, 0.6) is 0 Å². The number of hydrogen-bond acceptors (Lipinski definition) is 2. The summed E-state index contributed by atoms with van der Waals surface area (Å²) in [6.45, 7) is 7.90. The smallest absolute Gasteiger partial charge is 0.146 e. The van der Waals surface area contributed by atoms with Crippen molar-refractivity contribution >= 4 is 5.69 Å². The van der Waals surface area contributed by atoms with Crippen molar-refractivity contribution in [2.24, 2.45) is 5.92 Å². The predicted molar refractivity (Wildman–Crippen MR) is 74.4 cm³/mol. The third-order valence-electron chi connectivity index (χ3n) is 3.59. The molecule has 1 N–H and O–H groups in total. The number of piperidine rings is 1. The van der Waals surface area contributed by atoms with Gasteiger partial charge in [0, 0.05) is 19.6 Å². The SMILES string of the molecule is CCNCc1ccc(N2CCCC(C)C2)c(F)c1. The van der Waals surface area contributed by atoms with Gasteiger partial charge in [0.1, 0.15) is 5.82 Å². The Morgan fingerprint density at radius 2 is 2.28 bits per heavy atom. The molecule has 0 radical (unpaired) electrons. The molecule has 1 aliphatic heterocycles. The average Bonchev–Trinajstić information content (AvgIpc) is 2.36. The number of hydrogen-bond donors (Lipinski definition) is 1. The van der Waals surface area contributed by atoms with Crippen LogP contribution in [0.1, 0.15) is 32.3 Å². The maximum absolute atomic E-state index is 14.1. The van der Waals surface area contributed by atoms with E-state index in [0.717, 1.165) is 37.4 Å². The van der Waals surface area contributed by atoms with Crippen LogP contribution in [0.3, 0.4) is 0 Å². The Bertz CT molecular complexity index is 392. The zero-order valence-electron chi connectivity index (χ0n) is 11.4. The van der Waals surface area contributed by atoms with Gasteiger partial charge in [-0.2, -0.15) is 0 Å². The molecule has 2 rings (SSSR count). The van der Waals surface area contributed by atoms with Crippen LogP contribution in [0.15, 0.2) is 18.2 Å². The van der Waals surface area contributed by atoms with Crippen molar-refractivity contribution < 1.29 is 4.39 Å². The number of rotatable bonds is 4. The summed E-state index contributed by atoms with van der Waals surface area (Å²) in [5.41, 5.74) is 1.78. The fourth-order valence-electron chi connectivity index (χ4n) is 2.59. The monoisotopic (exact) mass is 250 g/mol. The summed E-state index contributed by atoms with van der Waals surface area (Å²) in [4.78, 5) is 2.18. The van der Waals surface area contributed by atoms with Crippen LogP contribution in [-0.2, 0) is 6.54 Å². The highest BCUT2D eigenvalue weighted by atomic mass is 19.1. The van der Waals surface area contributed by atoms with Crippen LogP contribution in [0, 0.1) is 11.7 Å². The van der Waals surface area contributed by atoms with Gasteiger partial charge in [0.15, 0.2) is 0 Å². The van der Waals surface area contributed by atoms with Gasteiger partial charge in [0.25, 0.3) is 0 Å². The minimum atomic E-state index is -0.0838. The molecule has 0 amide bonds. The lowest BCUT2D eigenvalue weighted by Gasteiger charge is -2.33. The molecule has 1 atom stereocenters. The van der Waals surface area contributed by atoms with Gasteiger partial charge in [-0.15, -0.1) is 0 Å². The van der Waals surface area contributed by atoms with Gasteiger partial charge in [0.2, 0.25) is 0 Å². The molecule has 1 aliphatic rings. The zero-order chi connectivity index (χ0) is 13.0. The molecule has 1 saturated heterocycles. The second-order valence-corrected chi connectivity index (χ2v) is 5.26. The van der Waals surface area contributed by atoms with Crippen molar-refractivity contribution in [1.82, 2.24) is 5.32 Å². The predicted octanol–water partition coefficient (Wildman–Crippen LogP) is 3.17. The van der Waals surface area contributed by atoms with Crippen molar-refractivity contribution in [2.45, 2.75) is 33.2 Å². The minimum Gasteiger partial charge on any atom is -0.369 e. The summed E-state index contributed by atoms with van der Waals surface area (Å²) in [5.74, 6) is 0.582. The molecule has 0 saturated carbocycles. The molecule has 2 nitrogen and oxygen atoms in total. The molecule has 1 fully saturated rings. The molecule has 100 valence electrons. The lowest BCUT2D eigenvalue weighted by atomic mass is 9.99. The van der Waals surface area contributed by atoms with Gasteiger partial charge in [-0.25, -0.2) is 4.39 Å². The normalized spacial score (nSPS) is 20.2. The third kappa shape index (κ3) is 3.22. The fraction of sp³-hybridized carbons (Fsp3) is 0.600. The first kappa shape index (κ1) is 13.3. The molecule has 18 heavy (non-hydrogen) atoms. The first-order valence-corrected chi connectivity index (χ1v) is 6.94. The highest BCUT2D eigenvalue weighted by molar-refractivity contribution is 5.49. The number of nitrogens with zero attached hydrogens (tertiary/aromatic N) is 1. The van der Waals surface area contributed by atoms with Crippen molar-refractivity contribution in [2.75, 3.05) is 24.5 Å². The Kier molecular flexibility index (Phi) is 4.59. The van der Waals surface area contributed by atoms with E-state index < -0.39 is 0 Å². The Morgan fingerprint density at radius 3 is 2.94 bits per heavy atom. The molecule has 1 aromatic rings. The molecule has 0 bridgehead atoms. The van der Waals surface area contributed by atoms with Crippen molar-refractivity contribution in [3.8, 4) is 0 Å². The quantitative estimate of drug-likeness (QED) is 0.883. The molecule has 0 spiro atoms. The Hall–Kier alpha value is -1.09. The van der Waals surface area contributed by atoms with E-state index in [9.17, 15) is 4.39 Å². The molecule has 0 aliphatic carbocycles. The van der Waals surface area contributed by atoms with Crippen LogP contribution in [0.4, 0.5) is 10.1 Å². The van der Waals surface area contributed by atoms with Crippen LogP contribution in [-0.4, -0.2) is 19.6 Å². The highest BCUT2D eigenvalue weighted by Gasteiger charge is 2.19. The second kappa shape index (κ2) is 6.19. The number of anilines is 1. The lowest BCUT2D eigenvalue weighted by molar-refractivity contribution is 0.442. The number of halogens is 1. The maximum Gasteiger partial charge on any atom is 0.146 e. The standard InChI is InChI=1S/C15H23FN2/c1-3-17-10-13-6-7-15(14(16)9-13)18-8-4-5-12(2)11-18/h6-7,9,12,17H,3-5,8,10-11H2,1-2H3. The third-order valence-corrected chi connectivity index (χ3v) is 3.59. The van der Waals surface area contributed by atoms with E-state index >= 15 is 0 Å². The number of benzene rings is 1. The van der Waals surface area contributed by atoms with E-state index in [0.29, 0.717) is 5.92 Å². The second-order valence-electron chi connectivity index (χ2n) is 5.26. The van der Waals surface area contributed by atoms with E-state index in [1.807, 2.05) is 12.1 Å². The van der Waals surface area contributed by atoms with E-state index in [2.05, 4.69) is 24.1 Å². The molecular weight excluding hydrogens is 227 g/mol. The summed E-state index contributed by atoms with van der Waals surface area (Å²) >= 11 is 0. The van der Waals surface area contributed by atoms with Crippen LogP contribution in [0.25, 0.3) is 0 Å². The van der Waals surface area contributed by atoms with Gasteiger partial charge < -0.3 is 10.2 Å². The topological polar surface area (TPSA) is 15.3 Å². The first-order chi connectivity index (χ1) is 8.70. The Balaban J connectivity index is 2.08. The van der Waals surface area contributed by atoms with Gasteiger partial charge in [-0.3, -0.25) is 0 Å². The van der Waals surface area contributed by atoms with E-state index in [4.69, 9.17) is 0 Å². The van der Waals surface area contributed by atoms with E-state index in [1.165, 1.54) is 12.8 Å². The van der Waals surface area contributed by atoms with Crippen molar-refractivity contribution in [3.05, 3.63) is 29.6 Å². The van der Waals surface area contributed by atoms with Crippen LogP contribution < -0.4 is 10.2 Å². The average molecular weight is 250 g/mol. The first-order valence-electron chi connectivity index (χ1n) is 6.94. The molecule has 3 heteroatoms.